The Balaban J connectivity index is 1.31. The summed E-state index contributed by atoms with van der Waals surface area (Å²) in [6, 6.07) is 21.2. The van der Waals surface area contributed by atoms with Gasteiger partial charge in [-0.1, -0.05) is 41.9 Å². The van der Waals surface area contributed by atoms with Crippen LogP contribution in [-0.4, -0.2) is 40.1 Å². The minimum atomic E-state index is -3.80. The Bertz CT molecular complexity index is 1400. The molecule has 3 aromatic carbocycles. The Labute approximate surface area is 216 Å². The highest BCUT2D eigenvalue weighted by molar-refractivity contribution is 7.92. The molecule has 0 radical (unpaired) electrons. The zero-order valence-electron chi connectivity index (χ0n) is 19.3. The number of halogens is 1. The van der Waals surface area contributed by atoms with Crippen LogP contribution >= 0.6 is 11.6 Å². The molecular formula is C25H26ClN3O5S2. The van der Waals surface area contributed by atoms with Crippen LogP contribution in [0.5, 0.6) is 0 Å². The summed E-state index contributed by atoms with van der Waals surface area (Å²) >= 11 is 5.83. The molecule has 1 aliphatic heterocycles. The molecule has 1 aliphatic rings. The summed E-state index contributed by atoms with van der Waals surface area (Å²) in [6.07, 6.45) is 0.828. The van der Waals surface area contributed by atoms with Gasteiger partial charge in [0.1, 0.15) is 0 Å². The first kappa shape index (κ1) is 26.2. The maximum Gasteiger partial charge on any atom is 0.261 e. The fraction of sp³-hybridized carbons (Fsp3) is 0.240. The van der Waals surface area contributed by atoms with Gasteiger partial charge in [-0.05, 0) is 66.9 Å². The van der Waals surface area contributed by atoms with Gasteiger partial charge < -0.3 is 5.32 Å². The molecule has 3 aromatic rings. The number of piperidine rings is 1. The number of carbonyl (C=O) groups is 1. The van der Waals surface area contributed by atoms with Crippen LogP contribution in [0, 0.1) is 5.92 Å². The van der Waals surface area contributed by atoms with Gasteiger partial charge in [0.2, 0.25) is 15.9 Å². The molecule has 0 atom stereocenters. The monoisotopic (exact) mass is 547 g/mol. The van der Waals surface area contributed by atoms with E-state index in [-0.39, 0.29) is 35.6 Å². The van der Waals surface area contributed by atoms with E-state index in [9.17, 15) is 21.6 Å². The molecule has 190 valence electrons. The molecule has 0 aromatic heterocycles. The van der Waals surface area contributed by atoms with Gasteiger partial charge in [-0.25, -0.2) is 21.1 Å². The molecule has 2 N–H and O–H groups in total. The highest BCUT2D eigenvalue weighted by atomic mass is 35.5. The normalized spacial score (nSPS) is 15.4. The molecule has 0 bridgehead atoms. The largest absolute Gasteiger partial charge is 0.326 e. The SMILES string of the molecule is O=C(Nc1ccc(S(=O)(=O)Nc2ccc(Cl)cc2)cc1)C1CCN(S(=O)(=O)Cc2ccccc2)CC1. The van der Waals surface area contributed by atoms with Gasteiger partial charge in [-0.15, -0.1) is 0 Å². The molecule has 0 aliphatic carbocycles. The summed E-state index contributed by atoms with van der Waals surface area (Å²) in [6.45, 7) is 0.557. The maximum atomic E-state index is 12.7. The molecule has 1 fully saturated rings. The standard InChI is InChI=1S/C25H26ClN3O5S2/c26-21-6-8-23(9-7-21)28-36(33,34)24-12-10-22(11-13-24)27-25(30)20-14-16-29(17-15-20)35(31,32)18-19-4-2-1-3-5-19/h1-13,20,28H,14-18H2,(H,27,30). The van der Waals surface area contributed by atoms with Crippen molar-refractivity contribution in [1.29, 1.82) is 0 Å². The number of benzene rings is 3. The Morgan fingerprint density at radius 3 is 2.03 bits per heavy atom. The number of sulfonamides is 2. The Morgan fingerprint density at radius 1 is 0.833 bits per heavy atom. The number of nitrogens with one attached hydrogen (secondary N) is 2. The van der Waals surface area contributed by atoms with Crippen molar-refractivity contribution in [3.63, 3.8) is 0 Å². The highest BCUT2D eigenvalue weighted by Crippen LogP contribution is 2.24. The van der Waals surface area contributed by atoms with Crippen molar-refractivity contribution in [2.75, 3.05) is 23.1 Å². The highest BCUT2D eigenvalue weighted by Gasteiger charge is 2.31. The lowest BCUT2D eigenvalue weighted by Crippen LogP contribution is -2.41. The number of hydrogen-bond acceptors (Lipinski definition) is 5. The van der Waals surface area contributed by atoms with Crippen LogP contribution < -0.4 is 10.0 Å². The fourth-order valence-electron chi connectivity index (χ4n) is 3.97. The van der Waals surface area contributed by atoms with Crippen molar-refractivity contribution in [2.45, 2.75) is 23.5 Å². The van der Waals surface area contributed by atoms with E-state index in [4.69, 9.17) is 11.6 Å². The Hall–Kier alpha value is -2.92. The van der Waals surface area contributed by atoms with Gasteiger partial charge >= 0.3 is 0 Å². The number of anilines is 2. The lowest BCUT2D eigenvalue weighted by atomic mass is 9.97. The number of amides is 1. The molecule has 0 unspecified atom stereocenters. The summed E-state index contributed by atoms with van der Waals surface area (Å²) in [4.78, 5) is 12.8. The molecule has 1 heterocycles. The molecule has 1 amide bonds. The first-order valence-electron chi connectivity index (χ1n) is 11.3. The van der Waals surface area contributed by atoms with Crippen LogP contribution in [0.15, 0.2) is 83.8 Å². The molecule has 8 nitrogen and oxygen atoms in total. The minimum absolute atomic E-state index is 0.0485. The zero-order chi connectivity index (χ0) is 25.8. The van der Waals surface area contributed by atoms with Gasteiger partial charge in [0, 0.05) is 35.4 Å². The van der Waals surface area contributed by atoms with Crippen LogP contribution in [0.1, 0.15) is 18.4 Å². The van der Waals surface area contributed by atoms with Crippen molar-refractivity contribution >= 4 is 48.9 Å². The minimum Gasteiger partial charge on any atom is -0.326 e. The van der Waals surface area contributed by atoms with Gasteiger partial charge in [0.25, 0.3) is 10.0 Å². The van der Waals surface area contributed by atoms with Crippen molar-refractivity contribution in [3.05, 3.63) is 89.4 Å². The third-order valence-electron chi connectivity index (χ3n) is 5.94. The summed E-state index contributed by atoms with van der Waals surface area (Å²) in [5, 5.41) is 3.30. The van der Waals surface area contributed by atoms with Crippen molar-refractivity contribution in [1.82, 2.24) is 4.31 Å². The summed E-state index contributed by atoms with van der Waals surface area (Å²) < 4.78 is 54.6. The van der Waals surface area contributed by atoms with E-state index in [1.165, 1.54) is 28.6 Å². The van der Waals surface area contributed by atoms with E-state index in [0.29, 0.717) is 29.2 Å². The molecule has 36 heavy (non-hydrogen) atoms. The Kier molecular flexibility index (Phi) is 7.99. The van der Waals surface area contributed by atoms with Crippen LogP contribution in [-0.2, 0) is 30.6 Å². The summed E-state index contributed by atoms with van der Waals surface area (Å²) in [5.41, 5.74) is 1.57. The number of nitrogens with zero attached hydrogens (tertiary/aromatic N) is 1. The lowest BCUT2D eigenvalue weighted by Gasteiger charge is -2.30. The van der Waals surface area contributed by atoms with E-state index >= 15 is 0 Å². The molecule has 1 saturated heterocycles. The molecule has 11 heteroatoms. The van der Waals surface area contributed by atoms with Crippen LogP contribution in [0.25, 0.3) is 0 Å². The number of hydrogen-bond donors (Lipinski definition) is 2. The number of carbonyl (C=O) groups excluding carboxylic acids is 1. The second kappa shape index (κ2) is 11.0. The first-order chi connectivity index (χ1) is 17.1. The van der Waals surface area contributed by atoms with Crippen molar-refractivity contribution in [2.24, 2.45) is 5.92 Å². The average molecular weight is 548 g/mol. The lowest BCUT2D eigenvalue weighted by molar-refractivity contribution is -0.120. The van der Waals surface area contributed by atoms with E-state index in [1.54, 1.807) is 48.5 Å². The smallest absolute Gasteiger partial charge is 0.261 e. The van der Waals surface area contributed by atoms with Gasteiger partial charge in [-0.3, -0.25) is 9.52 Å². The van der Waals surface area contributed by atoms with E-state index in [1.807, 2.05) is 6.07 Å². The molecule has 0 saturated carbocycles. The second-order valence-corrected chi connectivity index (χ2v) is 12.6. The van der Waals surface area contributed by atoms with Crippen molar-refractivity contribution in [3.8, 4) is 0 Å². The van der Waals surface area contributed by atoms with Crippen LogP contribution in [0.2, 0.25) is 5.02 Å². The van der Waals surface area contributed by atoms with Gasteiger partial charge in [0.05, 0.1) is 10.6 Å². The third kappa shape index (κ3) is 6.64. The topological polar surface area (TPSA) is 113 Å². The van der Waals surface area contributed by atoms with E-state index < -0.39 is 20.0 Å². The third-order valence-corrected chi connectivity index (χ3v) is 9.44. The molecule has 0 spiro atoms. The van der Waals surface area contributed by atoms with Crippen molar-refractivity contribution < 1.29 is 21.6 Å². The Morgan fingerprint density at radius 2 is 1.42 bits per heavy atom. The predicted octanol–water partition coefficient (Wildman–Crippen LogP) is 4.32. The molecular weight excluding hydrogens is 522 g/mol. The summed E-state index contributed by atoms with van der Waals surface area (Å²) in [7, 11) is -7.26. The maximum absolute atomic E-state index is 12.7. The second-order valence-electron chi connectivity index (χ2n) is 8.54. The van der Waals surface area contributed by atoms with Gasteiger partial charge in [-0.2, -0.15) is 0 Å². The zero-order valence-corrected chi connectivity index (χ0v) is 21.7. The van der Waals surface area contributed by atoms with Crippen LogP contribution in [0.3, 0.4) is 0 Å². The van der Waals surface area contributed by atoms with E-state index in [2.05, 4.69) is 10.0 Å². The quantitative estimate of drug-likeness (QED) is 0.436. The fourth-order valence-corrected chi connectivity index (χ4v) is 6.71. The molecule has 4 rings (SSSR count). The average Bonchev–Trinajstić information content (AvgIpc) is 2.86. The predicted molar refractivity (Wildman–Crippen MR) is 141 cm³/mol. The van der Waals surface area contributed by atoms with E-state index in [0.717, 1.165) is 5.56 Å². The first-order valence-corrected chi connectivity index (χ1v) is 14.8. The summed E-state index contributed by atoms with van der Waals surface area (Å²) in [5.74, 6) is -0.611. The van der Waals surface area contributed by atoms with Crippen LogP contribution in [0.4, 0.5) is 11.4 Å². The number of rotatable bonds is 8. The van der Waals surface area contributed by atoms with Gasteiger partial charge in [0.15, 0.2) is 0 Å².